The molecule has 0 saturated carbocycles. The Morgan fingerprint density at radius 3 is 2.27 bits per heavy atom. The Balaban J connectivity index is 1.33. The van der Waals surface area contributed by atoms with Crippen LogP contribution in [0.2, 0.25) is 0 Å². The number of likely N-dealkylation sites (tertiary alicyclic amines) is 1. The van der Waals surface area contributed by atoms with E-state index in [9.17, 15) is 41.4 Å². The molecule has 2 N–H and O–H groups in total. The van der Waals surface area contributed by atoms with Crippen LogP contribution in [0.5, 0.6) is 0 Å². The average molecular weight is 573 g/mol. The van der Waals surface area contributed by atoms with E-state index in [2.05, 4.69) is 5.32 Å². The van der Waals surface area contributed by atoms with Crippen molar-refractivity contribution in [2.45, 2.75) is 56.6 Å². The van der Waals surface area contributed by atoms with Gasteiger partial charge in [-0.1, -0.05) is 0 Å². The molecule has 3 amide bonds. The van der Waals surface area contributed by atoms with Gasteiger partial charge in [-0.3, -0.25) is 24.6 Å². The standard InChI is InChI=1S/C26H22F7N3O4/c27-16-9-15(26(31,32)33)17(28)7-12(16)10-35-5-3-25(40,4-6-35)21-18(29)8-13-14(22(21)30)11-36(24(13)39)19-1-2-20(37)34-23(19)38/h7-9,19,40H,1-6,10-11H2,(H,34,37,38). The highest BCUT2D eigenvalue weighted by Crippen LogP contribution is 2.41. The van der Waals surface area contributed by atoms with E-state index in [1.165, 1.54) is 4.90 Å². The molecule has 5 rings (SSSR count). The maximum Gasteiger partial charge on any atom is 0.419 e. The molecule has 0 radical (unpaired) electrons. The normalized spacial score (nSPS) is 21.6. The molecular weight excluding hydrogens is 551 g/mol. The molecule has 0 spiro atoms. The Hall–Kier alpha value is -3.52. The van der Waals surface area contributed by atoms with E-state index in [4.69, 9.17) is 0 Å². The van der Waals surface area contributed by atoms with E-state index in [0.29, 0.717) is 6.07 Å². The molecule has 7 nitrogen and oxygen atoms in total. The average Bonchev–Trinajstić information content (AvgIpc) is 3.18. The number of hydrogen-bond acceptors (Lipinski definition) is 5. The predicted octanol–water partition coefficient (Wildman–Crippen LogP) is 3.51. The first-order valence-electron chi connectivity index (χ1n) is 12.4. The summed E-state index contributed by atoms with van der Waals surface area (Å²) < 4.78 is 97.6. The molecule has 1 atom stereocenters. The van der Waals surface area contributed by atoms with Crippen LogP contribution >= 0.6 is 0 Å². The van der Waals surface area contributed by atoms with Crippen molar-refractivity contribution in [3.05, 3.63) is 69.3 Å². The molecule has 2 saturated heterocycles. The zero-order valence-electron chi connectivity index (χ0n) is 20.7. The lowest BCUT2D eigenvalue weighted by Gasteiger charge is -2.39. The SMILES string of the molecule is O=C1CCC(N2Cc3c(cc(F)c(C4(O)CCN(Cc5cc(F)c(C(F)(F)F)cc5F)CC4)c3F)C2=O)C(=O)N1. The minimum Gasteiger partial charge on any atom is -0.385 e. The number of piperidine rings is 2. The molecule has 14 heteroatoms. The lowest BCUT2D eigenvalue weighted by molar-refractivity contribution is -0.140. The summed E-state index contributed by atoms with van der Waals surface area (Å²) in [4.78, 5) is 39.1. The van der Waals surface area contributed by atoms with Crippen molar-refractivity contribution in [1.29, 1.82) is 0 Å². The third-order valence-electron chi connectivity index (χ3n) is 7.71. The predicted molar refractivity (Wildman–Crippen MR) is 122 cm³/mol. The quantitative estimate of drug-likeness (QED) is 0.432. The summed E-state index contributed by atoms with van der Waals surface area (Å²) in [6.45, 7) is -0.798. The van der Waals surface area contributed by atoms with Gasteiger partial charge < -0.3 is 10.0 Å². The van der Waals surface area contributed by atoms with E-state index in [1.807, 2.05) is 0 Å². The first-order valence-corrected chi connectivity index (χ1v) is 12.4. The van der Waals surface area contributed by atoms with Crippen molar-refractivity contribution in [3.63, 3.8) is 0 Å². The van der Waals surface area contributed by atoms with Crippen LogP contribution in [0.25, 0.3) is 0 Å². The fourth-order valence-corrected chi connectivity index (χ4v) is 5.56. The number of nitrogens with one attached hydrogen (secondary N) is 1. The monoisotopic (exact) mass is 573 g/mol. The lowest BCUT2D eigenvalue weighted by Crippen LogP contribution is -2.52. The van der Waals surface area contributed by atoms with Crippen LogP contribution in [0.1, 0.15) is 58.3 Å². The second-order valence-electron chi connectivity index (χ2n) is 10.2. The molecule has 214 valence electrons. The van der Waals surface area contributed by atoms with Crippen molar-refractivity contribution >= 4 is 17.7 Å². The van der Waals surface area contributed by atoms with Crippen molar-refractivity contribution in [3.8, 4) is 0 Å². The van der Waals surface area contributed by atoms with Gasteiger partial charge in [0, 0.05) is 37.2 Å². The summed E-state index contributed by atoms with van der Waals surface area (Å²) in [5, 5.41) is 13.3. The lowest BCUT2D eigenvalue weighted by atomic mass is 9.82. The summed E-state index contributed by atoms with van der Waals surface area (Å²) in [7, 11) is 0. The Bertz CT molecular complexity index is 1420. The highest BCUT2D eigenvalue weighted by atomic mass is 19.4. The molecule has 1 unspecified atom stereocenters. The molecule has 0 aliphatic carbocycles. The molecule has 3 heterocycles. The zero-order valence-corrected chi connectivity index (χ0v) is 20.7. The second-order valence-corrected chi connectivity index (χ2v) is 10.2. The van der Waals surface area contributed by atoms with Crippen molar-refractivity contribution in [1.82, 2.24) is 15.1 Å². The van der Waals surface area contributed by atoms with Gasteiger partial charge in [0.25, 0.3) is 5.91 Å². The number of aliphatic hydroxyl groups is 1. The molecule has 0 bridgehead atoms. The smallest absolute Gasteiger partial charge is 0.385 e. The van der Waals surface area contributed by atoms with Crippen LogP contribution in [0.3, 0.4) is 0 Å². The van der Waals surface area contributed by atoms with Crippen LogP contribution < -0.4 is 5.32 Å². The van der Waals surface area contributed by atoms with E-state index < -0.39 is 69.9 Å². The van der Waals surface area contributed by atoms with Gasteiger partial charge in [0.05, 0.1) is 28.8 Å². The summed E-state index contributed by atoms with van der Waals surface area (Å²) >= 11 is 0. The molecule has 3 aliphatic heterocycles. The van der Waals surface area contributed by atoms with E-state index in [0.717, 1.165) is 11.0 Å². The number of carbonyl (C=O) groups excluding carboxylic acids is 3. The van der Waals surface area contributed by atoms with Crippen LogP contribution in [-0.2, 0) is 34.5 Å². The molecule has 2 aromatic carbocycles. The van der Waals surface area contributed by atoms with Gasteiger partial charge >= 0.3 is 6.18 Å². The van der Waals surface area contributed by atoms with Gasteiger partial charge in [-0.15, -0.1) is 0 Å². The number of fused-ring (bicyclic) bond motifs is 1. The van der Waals surface area contributed by atoms with Gasteiger partial charge in [0.2, 0.25) is 11.8 Å². The number of halogens is 7. The number of amides is 3. The summed E-state index contributed by atoms with van der Waals surface area (Å²) in [5.41, 5.74) is -5.30. The Morgan fingerprint density at radius 1 is 0.975 bits per heavy atom. The van der Waals surface area contributed by atoms with E-state index in [1.54, 1.807) is 0 Å². The highest BCUT2D eigenvalue weighted by Gasteiger charge is 2.45. The highest BCUT2D eigenvalue weighted by molar-refractivity contribution is 6.05. The molecule has 2 aromatic rings. The number of alkyl halides is 3. The van der Waals surface area contributed by atoms with Crippen LogP contribution in [0.15, 0.2) is 18.2 Å². The number of carbonyl (C=O) groups is 3. The minimum absolute atomic E-state index is 0.0184. The first-order chi connectivity index (χ1) is 18.7. The molecule has 0 aromatic heterocycles. The Morgan fingerprint density at radius 2 is 1.65 bits per heavy atom. The van der Waals surface area contributed by atoms with Crippen molar-refractivity contribution in [2.24, 2.45) is 0 Å². The van der Waals surface area contributed by atoms with E-state index in [-0.39, 0.29) is 74.6 Å². The Kier molecular flexibility index (Phi) is 6.89. The fourth-order valence-electron chi connectivity index (χ4n) is 5.56. The number of rotatable bonds is 4. The van der Waals surface area contributed by atoms with Gasteiger partial charge in [0.1, 0.15) is 29.3 Å². The topological polar surface area (TPSA) is 90.0 Å². The maximum atomic E-state index is 15.7. The molecule has 40 heavy (non-hydrogen) atoms. The second kappa shape index (κ2) is 9.84. The zero-order chi connectivity index (χ0) is 29.1. The van der Waals surface area contributed by atoms with Crippen LogP contribution in [0.4, 0.5) is 30.7 Å². The molecular formula is C26H22F7N3O4. The third kappa shape index (κ3) is 4.83. The fraction of sp³-hybridized carbons (Fsp3) is 0.423. The Labute approximate surface area is 222 Å². The van der Waals surface area contributed by atoms with Crippen molar-refractivity contribution in [2.75, 3.05) is 13.1 Å². The van der Waals surface area contributed by atoms with Crippen LogP contribution in [-0.4, -0.2) is 51.8 Å². The minimum atomic E-state index is -5.07. The summed E-state index contributed by atoms with van der Waals surface area (Å²) in [6, 6.07) is 0.265. The largest absolute Gasteiger partial charge is 0.419 e. The van der Waals surface area contributed by atoms with Gasteiger partial charge in [-0.05, 0) is 37.5 Å². The third-order valence-corrected chi connectivity index (χ3v) is 7.71. The number of nitrogens with zero attached hydrogens (tertiary/aromatic N) is 2. The number of imide groups is 1. The summed E-state index contributed by atoms with van der Waals surface area (Å²) in [6.07, 6.45) is -5.59. The van der Waals surface area contributed by atoms with E-state index >= 15 is 8.78 Å². The van der Waals surface area contributed by atoms with Crippen LogP contribution in [0, 0.1) is 23.3 Å². The van der Waals surface area contributed by atoms with Gasteiger partial charge in [-0.2, -0.15) is 13.2 Å². The van der Waals surface area contributed by atoms with Gasteiger partial charge in [-0.25, -0.2) is 17.6 Å². The van der Waals surface area contributed by atoms with Gasteiger partial charge in [0.15, 0.2) is 0 Å². The summed E-state index contributed by atoms with van der Waals surface area (Å²) in [5.74, 6) is -7.26. The number of hydrogen-bond donors (Lipinski definition) is 2. The van der Waals surface area contributed by atoms with Crippen molar-refractivity contribution < 1.29 is 50.2 Å². The first kappa shape index (κ1) is 28.0. The molecule has 3 aliphatic rings. The number of benzene rings is 2. The maximum absolute atomic E-state index is 15.7. The molecule has 2 fully saturated rings.